The van der Waals surface area contributed by atoms with Crippen molar-refractivity contribution in [1.29, 1.82) is 0 Å². The van der Waals surface area contributed by atoms with Crippen LogP contribution in [-0.4, -0.2) is 29.1 Å². The molecule has 8 nitrogen and oxygen atoms in total. The summed E-state index contributed by atoms with van der Waals surface area (Å²) in [6.45, 7) is 3.58. The number of nitrogens with zero attached hydrogens (tertiary/aromatic N) is 3. The van der Waals surface area contributed by atoms with Crippen molar-refractivity contribution in [2.45, 2.75) is 20.3 Å². The van der Waals surface area contributed by atoms with Crippen LogP contribution >= 0.6 is 0 Å². The van der Waals surface area contributed by atoms with Crippen molar-refractivity contribution in [1.82, 2.24) is 15.0 Å². The smallest absolute Gasteiger partial charge is 0.232 e. The summed E-state index contributed by atoms with van der Waals surface area (Å²) in [4.78, 5) is 12.5. The van der Waals surface area contributed by atoms with E-state index in [1.54, 1.807) is 49.5 Å². The van der Waals surface area contributed by atoms with Crippen LogP contribution in [0.1, 0.15) is 18.9 Å². The number of halogens is 1. The van der Waals surface area contributed by atoms with Gasteiger partial charge in [-0.3, -0.25) is 4.72 Å². The van der Waals surface area contributed by atoms with Crippen molar-refractivity contribution in [2.24, 2.45) is 0 Å². The van der Waals surface area contributed by atoms with Crippen LogP contribution in [0.2, 0.25) is 0 Å². The van der Waals surface area contributed by atoms with Crippen molar-refractivity contribution in [2.75, 3.05) is 16.2 Å². The van der Waals surface area contributed by atoms with Crippen LogP contribution in [0.25, 0.3) is 22.0 Å². The average Bonchev–Trinajstić information content (AvgIpc) is 2.77. The van der Waals surface area contributed by atoms with Gasteiger partial charge in [-0.2, -0.15) is 0 Å². The molecule has 2 aromatic carbocycles. The molecule has 0 saturated carbocycles. The molecule has 0 aliphatic heterocycles. The molecule has 0 saturated heterocycles. The highest BCUT2D eigenvalue weighted by molar-refractivity contribution is 7.92. The van der Waals surface area contributed by atoms with Crippen molar-refractivity contribution >= 4 is 32.4 Å². The van der Waals surface area contributed by atoms with Crippen LogP contribution in [0.4, 0.5) is 16.0 Å². The molecule has 4 aromatic rings. The zero-order chi connectivity index (χ0) is 23.6. The molecule has 0 atom stereocenters. The van der Waals surface area contributed by atoms with Gasteiger partial charge in [-0.05, 0) is 49.2 Å². The summed E-state index contributed by atoms with van der Waals surface area (Å²) in [5.41, 5.74) is 7.49. The molecule has 0 unspecified atom stereocenters. The third-order valence-corrected chi connectivity index (χ3v) is 6.41. The zero-order valence-electron chi connectivity index (χ0n) is 18.0. The van der Waals surface area contributed by atoms with Gasteiger partial charge in [0.2, 0.25) is 21.9 Å². The Morgan fingerprint density at radius 1 is 1.06 bits per heavy atom. The number of pyridine rings is 1. The summed E-state index contributed by atoms with van der Waals surface area (Å²) < 4.78 is 47.9. The summed E-state index contributed by atoms with van der Waals surface area (Å²) in [7, 11) is -3.70. The molecular formula is C23H22FN5O3S. The molecule has 2 aromatic heterocycles. The third kappa shape index (κ3) is 4.70. The second-order valence-electron chi connectivity index (χ2n) is 7.41. The fraction of sp³-hybridized carbons (Fsp3) is 0.174. The second-order valence-corrected chi connectivity index (χ2v) is 9.25. The van der Waals surface area contributed by atoms with Crippen molar-refractivity contribution in [3.63, 3.8) is 0 Å². The van der Waals surface area contributed by atoms with Gasteiger partial charge in [0.25, 0.3) is 0 Å². The molecule has 10 heteroatoms. The number of fused-ring (bicyclic) bond motifs is 1. The van der Waals surface area contributed by atoms with Gasteiger partial charge in [-0.15, -0.1) is 0 Å². The van der Waals surface area contributed by atoms with Gasteiger partial charge in [0.15, 0.2) is 0 Å². The fourth-order valence-corrected chi connectivity index (χ4v) is 4.62. The molecule has 33 heavy (non-hydrogen) atoms. The lowest BCUT2D eigenvalue weighted by molar-refractivity contribution is 0.466. The molecule has 0 bridgehead atoms. The standard InChI is InChI=1S/C23H22FN5O3S/c1-3-13-33(30,31)29-20-15-7-6-14(2)21(16(15)8-9-18(20)24)32-22-17(5-4-11-26-22)19-10-12-27-23(25)28-19/h4-12,29H,3,13H2,1-2H3,(H2,25,27,28). The first kappa shape index (κ1) is 22.4. The number of nitrogens with one attached hydrogen (secondary N) is 1. The van der Waals surface area contributed by atoms with Gasteiger partial charge in [0.05, 0.1) is 22.7 Å². The van der Waals surface area contributed by atoms with Crippen LogP contribution < -0.4 is 15.2 Å². The third-order valence-electron chi connectivity index (χ3n) is 4.95. The maximum atomic E-state index is 14.7. The number of hydrogen-bond donors (Lipinski definition) is 2. The first-order valence-electron chi connectivity index (χ1n) is 10.2. The molecule has 0 aliphatic carbocycles. The molecule has 0 aliphatic rings. The van der Waals surface area contributed by atoms with Crippen LogP contribution in [0.15, 0.2) is 54.9 Å². The van der Waals surface area contributed by atoms with Gasteiger partial charge in [0.1, 0.15) is 11.6 Å². The van der Waals surface area contributed by atoms with Crippen molar-refractivity contribution in [3.8, 4) is 22.9 Å². The highest BCUT2D eigenvalue weighted by Gasteiger charge is 2.19. The Hall–Kier alpha value is -3.79. The van der Waals surface area contributed by atoms with Gasteiger partial charge in [-0.25, -0.2) is 27.8 Å². The number of hydrogen-bond acceptors (Lipinski definition) is 7. The molecule has 4 rings (SSSR count). The summed E-state index contributed by atoms with van der Waals surface area (Å²) in [6.07, 6.45) is 3.52. The largest absolute Gasteiger partial charge is 0.437 e. The van der Waals surface area contributed by atoms with Crippen LogP contribution in [0, 0.1) is 12.7 Å². The lowest BCUT2D eigenvalue weighted by Gasteiger charge is -2.16. The highest BCUT2D eigenvalue weighted by atomic mass is 32.2. The van der Waals surface area contributed by atoms with Crippen LogP contribution in [0.3, 0.4) is 0 Å². The Balaban J connectivity index is 1.84. The normalized spacial score (nSPS) is 11.5. The molecule has 0 spiro atoms. The summed E-state index contributed by atoms with van der Waals surface area (Å²) in [6, 6.07) is 11.4. The van der Waals surface area contributed by atoms with E-state index in [9.17, 15) is 12.8 Å². The number of anilines is 2. The quantitative estimate of drug-likeness (QED) is 0.405. The fourth-order valence-electron chi connectivity index (χ4n) is 3.46. The van der Waals surface area contributed by atoms with E-state index in [0.717, 1.165) is 5.56 Å². The van der Waals surface area contributed by atoms with Crippen molar-refractivity contribution < 1.29 is 17.5 Å². The number of rotatable bonds is 7. The van der Waals surface area contributed by atoms with Crippen LogP contribution in [-0.2, 0) is 10.0 Å². The van der Waals surface area contributed by atoms with Gasteiger partial charge < -0.3 is 10.5 Å². The maximum Gasteiger partial charge on any atom is 0.232 e. The Morgan fingerprint density at radius 2 is 1.85 bits per heavy atom. The minimum Gasteiger partial charge on any atom is -0.437 e. The lowest BCUT2D eigenvalue weighted by Crippen LogP contribution is -2.17. The predicted molar refractivity (Wildman–Crippen MR) is 126 cm³/mol. The zero-order valence-corrected chi connectivity index (χ0v) is 18.9. The van der Waals surface area contributed by atoms with E-state index in [1.807, 2.05) is 6.92 Å². The van der Waals surface area contributed by atoms with E-state index in [1.165, 1.54) is 12.3 Å². The summed E-state index contributed by atoms with van der Waals surface area (Å²) in [5, 5.41) is 0.906. The summed E-state index contributed by atoms with van der Waals surface area (Å²) >= 11 is 0. The Morgan fingerprint density at radius 3 is 2.61 bits per heavy atom. The van der Waals surface area contributed by atoms with E-state index in [4.69, 9.17) is 10.5 Å². The SMILES string of the molecule is CCCS(=O)(=O)Nc1c(F)ccc2c(Oc3ncccc3-c3ccnc(N)n3)c(C)ccc12. The molecule has 0 fully saturated rings. The van der Waals surface area contributed by atoms with E-state index in [0.29, 0.717) is 34.2 Å². The number of sulfonamides is 1. The molecule has 170 valence electrons. The number of aryl methyl sites for hydroxylation is 1. The minimum absolute atomic E-state index is 0.114. The molecule has 2 heterocycles. The highest BCUT2D eigenvalue weighted by Crippen LogP contribution is 2.39. The lowest BCUT2D eigenvalue weighted by atomic mass is 10.0. The first-order valence-corrected chi connectivity index (χ1v) is 11.9. The monoisotopic (exact) mass is 467 g/mol. The molecule has 0 amide bonds. The average molecular weight is 468 g/mol. The van der Waals surface area contributed by atoms with Gasteiger partial charge in [0, 0.05) is 23.2 Å². The summed E-state index contributed by atoms with van der Waals surface area (Å²) in [5.74, 6) is 0.0152. The van der Waals surface area contributed by atoms with E-state index < -0.39 is 15.8 Å². The Kier molecular flexibility index (Phi) is 6.10. The number of ether oxygens (including phenoxy) is 1. The Bertz CT molecular complexity index is 1440. The van der Waals surface area contributed by atoms with Crippen LogP contribution in [0.5, 0.6) is 11.6 Å². The molecule has 3 N–H and O–H groups in total. The van der Waals surface area contributed by atoms with E-state index in [-0.39, 0.29) is 23.3 Å². The minimum atomic E-state index is -3.70. The van der Waals surface area contributed by atoms with Gasteiger partial charge in [-0.1, -0.05) is 19.1 Å². The maximum absolute atomic E-state index is 14.7. The topological polar surface area (TPSA) is 120 Å². The van der Waals surface area contributed by atoms with E-state index in [2.05, 4.69) is 19.7 Å². The van der Waals surface area contributed by atoms with E-state index >= 15 is 0 Å². The number of nitrogen functional groups attached to an aromatic ring is 1. The second kappa shape index (κ2) is 8.99. The number of benzene rings is 2. The Labute approximate surface area is 190 Å². The molecule has 0 radical (unpaired) electrons. The van der Waals surface area contributed by atoms with Crippen molar-refractivity contribution in [3.05, 3.63) is 66.2 Å². The molecular weight excluding hydrogens is 445 g/mol. The van der Waals surface area contributed by atoms with Gasteiger partial charge >= 0.3 is 0 Å². The predicted octanol–water partition coefficient (Wildman–Crippen LogP) is 4.67. The number of aromatic nitrogens is 3. The number of nitrogens with two attached hydrogens (primary N) is 1. The first-order chi connectivity index (χ1) is 15.8.